The summed E-state index contributed by atoms with van der Waals surface area (Å²) < 4.78 is 16.6. The Hall–Kier alpha value is -5.25. The third-order valence-electron chi connectivity index (χ3n) is 4.95. The molecule has 0 saturated carbocycles. The Labute approximate surface area is 204 Å². The van der Waals surface area contributed by atoms with Crippen LogP contribution in [0.4, 0.5) is 11.4 Å². The minimum atomic E-state index is -0.511. The highest BCUT2D eigenvalue weighted by atomic mass is 16.6. The molecule has 10 heteroatoms. The first-order valence-electron chi connectivity index (χ1n) is 10.6. The molecule has 0 N–H and O–H groups in total. The maximum absolute atomic E-state index is 12.4. The SMILES string of the molecule is O=C(OCc1ccc(Oc2ccc([N+](=O)[O-])cc2)cc1)c1ccc(Oc2ccc([N+](=O)[O-])cc2)cc1. The van der Waals surface area contributed by atoms with Crippen LogP contribution >= 0.6 is 0 Å². The highest BCUT2D eigenvalue weighted by Gasteiger charge is 2.10. The molecule has 10 nitrogen and oxygen atoms in total. The lowest BCUT2D eigenvalue weighted by atomic mass is 10.2. The van der Waals surface area contributed by atoms with Crippen LogP contribution in [-0.4, -0.2) is 15.8 Å². The van der Waals surface area contributed by atoms with E-state index >= 15 is 0 Å². The van der Waals surface area contributed by atoms with Gasteiger partial charge in [-0.05, 0) is 66.2 Å². The molecular formula is C26H18N2O8. The molecule has 0 atom stereocenters. The Balaban J connectivity index is 1.28. The van der Waals surface area contributed by atoms with E-state index in [1.165, 1.54) is 48.5 Å². The van der Waals surface area contributed by atoms with Crippen molar-refractivity contribution in [3.63, 3.8) is 0 Å². The maximum Gasteiger partial charge on any atom is 0.338 e. The summed E-state index contributed by atoms with van der Waals surface area (Å²) in [4.78, 5) is 32.8. The molecular weight excluding hydrogens is 468 g/mol. The third-order valence-corrected chi connectivity index (χ3v) is 4.95. The van der Waals surface area contributed by atoms with Crippen molar-refractivity contribution in [1.82, 2.24) is 0 Å². The number of nitro benzene ring substituents is 2. The lowest BCUT2D eigenvalue weighted by Crippen LogP contribution is -2.05. The number of ether oxygens (including phenoxy) is 3. The molecule has 4 aromatic carbocycles. The van der Waals surface area contributed by atoms with Gasteiger partial charge in [-0.1, -0.05) is 12.1 Å². The van der Waals surface area contributed by atoms with Gasteiger partial charge in [0.25, 0.3) is 11.4 Å². The average molecular weight is 486 g/mol. The van der Waals surface area contributed by atoms with Gasteiger partial charge in [-0.3, -0.25) is 20.2 Å². The van der Waals surface area contributed by atoms with E-state index in [4.69, 9.17) is 14.2 Å². The van der Waals surface area contributed by atoms with Gasteiger partial charge in [0.05, 0.1) is 15.4 Å². The summed E-state index contributed by atoms with van der Waals surface area (Å²) >= 11 is 0. The maximum atomic E-state index is 12.4. The van der Waals surface area contributed by atoms with E-state index in [9.17, 15) is 25.0 Å². The lowest BCUT2D eigenvalue weighted by molar-refractivity contribution is -0.385. The van der Waals surface area contributed by atoms with Crippen LogP contribution in [0.15, 0.2) is 97.1 Å². The van der Waals surface area contributed by atoms with Crippen molar-refractivity contribution in [3.05, 3.63) is 128 Å². The predicted octanol–water partition coefficient (Wildman–Crippen LogP) is 6.44. The molecule has 0 unspecified atom stereocenters. The lowest BCUT2D eigenvalue weighted by Gasteiger charge is -2.09. The predicted molar refractivity (Wildman–Crippen MR) is 128 cm³/mol. The molecule has 0 saturated heterocycles. The number of carbonyl (C=O) groups is 1. The Kier molecular flexibility index (Phi) is 7.16. The number of non-ortho nitro benzene ring substituents is 2. The molecule has 36 heavy (non-hydrogen) atoms. The summed E-state index contributed by atoms with van der Waals surface area (Å²) in [5.74, 6) is 1.37. The fraction of sp³-hybridized carbons (Fsp3) is 0.0385. The average Bonchev–Trinajstić information content (AvgIpc) is 2.89. The van der Waals surface area contributed by atoms with Crippen LogP contribution in [0.3, 0.4) is 0 Å². The van der Waals surface area contributed by atoms with E-state index in [0.717, 1.165) is 5.56 Å². The van der Waals surface area contributed by atoms with Gasteiger partial charge in [0.15, 0.2) is 0 Å². The molecule has 0 amide bonds. The molecule has 0 aliphatic heterocycles. The zero-order valence-corrected chi connectivity index (χ0v) is 18.6. The number of nitro groups is 2. The molecule has 0 spiro atoms. The number of hydrogen-bond donors (Lipinski definition) is 0. The van der Waals surface area contributed by atoms with E-state index < -0.39 is 15.8 Å². The second-order valence-corrected chi connectivity index (χ2v) is 7.45. The van der Waals surface area contributed by atoms with Crippen LogP contribution in [0.1, 0.15) is 15.9 Å². The van der Waals surface area contributed by atoms with Gasteiger partial charge < -0.3 is 14.2 Å². The zero-order chi connectivity index (χ0) is 25.5. The summed E-state index contributed by atoms with van der Waals surface area (Å²) in [6, 6.07) is 24.6. The molecule has 0 aromatic heterocycles. The number of hydrogen-bond acceptors (Lipinski definition) is 8. The largest absolute Gasteiger partial charge is 0.457 e. The Morgan fingerprint density at radius 3 is 1.33 bits per heavy atom. The number of esters is 1. The van der Waals surface area contributed by atoms with Crippen LogP contribution in [0.25, 0.3) is 0 Å². The molecule has 0 radical (unpaired) electrons. The fourth-order valence-electron chi connectivity index (χ4n) is 3.09. The van der Waals surface area contributed by atoms with Crippen LogP contribution in [0, 0.1) is 20.2 Å². The third kappa shape index (κ3) is 6.20. The summed E-state index contributed by atoms with van der Waals surface area (Å²) in [7, 11) is 0. The monoisotopic (exact) mass is 486 g/mol. The number of carbonyl (C=O) groups excluding carboxylic acids is 1. The van der Waals surface area contributed by atoms with Gasteiger partial charge in [0.1, 0.15) is 29.6 Å². The summed E-state index contributed by atoms with van der Waals surface area (Å²) in [6.45, 7) is 0.0533. The normalized spacial score (nSPS) is 10.3. The zero-order valence-electron chi connectivity index (χ0n) is 18.6. The highest BCUT2D eigenvalue weighted by molar-refractivity contribution is 5.89. The first-order valence-corrected chi connectivity index (χ1v) is 10.6. The van der Waals surface area contributed by atoms with Crippen LogP contribution in [0.5, 0.6) is 23.0 Å². The summed E-state index contributed by atoms with van der Waals surface area (Å²) in [5, 5.41) is 21.4. The number of nitrogens with zero attached hydrogens (tertiary/aromatic N) is 2. The quantitative estimate of drug-likeness (QED) is 0.150. The van der Waals surface area contributed by atoms with E-state index in [1.54, 1.807) is 48.5 Å². The van der Waals surface area contributed by atoms with Crippen LogP contribution in [0.2, 0.25) is 0 Å². The van der Waals surface area contributed by atoms with Gasteiger partial charge in [-0.25, -0.2) is 4.79 Å². The van der Waals surface area contributed by atoms with Crippen molar-refractivity contribution in [2.24, 2.45) is 0 Å². The smallest absolute Gasteiger partial charge is 0.338 e. The standard InChI is InChI=1S/C26H18N2O8/c29-26(19-3-11-23(12-4-19)36-25-15-7-21(8-16-25)28(32)33)34-17-18-1-9-22(10-2-18)35-24-13-5-20(6-14-24)27(30)31/h1-16H,17H2. The van der Waals surface area contributed by atoms with Crippen molar-refractivity contribution in [2.45, 2.75) is 6.61 Å². The van der Waals surface area contributed by atoms with E-state index in [0.29, 0.717) is 28.6 Å². The van der Waals surface area contributed by atoms with Crippen molar-refractivity contribution in [3.8, 4) is 23.0 Å². The van der Waals surface area contributed by atoms with E-state index in [1.807, 2.05) is 0 Å². The Morgan fingerprint density at radius 1 is 0.583 bits per heavy atom. The van der Waals surface area contributed by atoms with Gasteiger partial charge in [0, 0.05) is 24.3 Å². The minimum Gasteiger partial charge on any atom is -0.457 e. The van der Waals surface area contributed by atoms with Crippen molar-refractivity contribution in [2.75, 3.05) is 0 Å². The Bertz CT molecular complexity index is 1370. The van der Waals surface area contributed by atoms with Crippen LogP contribution < -0.4 is 9.47 Å². The van der Waals surface area contributed by atoms with Crippen LogP contribution in [-0.2, 0) is 11.3 Å². The second kappa shape index (κ2) is 10.8. The van der Waals surface area contributed by atoms with Gasteiger partial charge in [-0.15, -0.1) is 0 Å². The van der Waals surface area contributed by atoms with E-state index in [2.05, 4.69) is 0 Å². The first kappa shape index (κ1) is 23.9. The van der Waals surface area contributed by atoms with Crippen molar-refractivity contribution >= 4 is 17.3 Å². The number of rotatable bonds is 9. The number of benzene rings is 4. The second-order valence-electron chi connectivity index (χ2n) is 7.45. The molecule has 0 bridgehead atoms. The van der Waals surface area contributed by atoms with E-state index in [-0.39, 0.29) is 18.0 Å². The van der Waals surface area contributed by atoms with Gasteiger partial charge in [-0.2, -0.15) is 0 Å². The first-order chi connectivity index (χ1) is 17.4. The molecule has 4 rings (SSSR count). The topological polar surface area (TPSA) is 131 Å². The van der Waals surface area contributed by atoms with Gasteiger partial charge >= 0.3 is 5.97 Å². The Morgan fingerprint density at radius 2 is 0.944 bits per heavy atom. The van der Waals surface area contributed by atoms with Crippen molar-refractivity contribution < 1.29 is 28.9 Å². The molecule has 4 aromatic rings. The highest BCUT2D eigenvalue weighted by Crippen LogP contribution is 2.26. The van der Waals surface area contributed by atoms with Gasteiger partial charge in [0.2, 0.25) is 0 Å². The summed E-state index contributed by atoms with van der Waals surface area (Å²) in [5.41, 5.74) is 1.03. The molecule has 0 heterocycles. The molecule has 0 aliphatic carbocycles. The molecule has 180 valence electrons. The minimum absolute atomic E-state index is 0.0221. The summed E-state index contributed by atoms with van der Waals surface area (Å²) in [6.07, 6.45) is 0. The molecule has 0 fully saturated rings. The van der Waals surface area contributed by atoms with Crippen molar-refractivity contribution in [1.29, 1.82) is 0 Å². The fourth-order valence-corrected chi connectivity index (χ4v) is 3.09. The molecule has 0 aliphatic rings.